The van der Waals surface area contributed by atoms with Gasteiger partial charge in [0.2, 0.25) is 0 Å². The molecule has 0 aliphatic rings. The minimum absolute atomic E-state index is 0.781. The fourth-order valence-electron chi connectivity index (χ4n) is 3.46. The predicted molar refractivity (Wildman–Crippen MR) is 125 cm³/mol. The third-order valence-electron chi connectivity index (χ3n) is 5.13. The first-order valence-corrected chi connectivity index (χ1v) is 12.2. The summed E-state index contributed by atoms with van der Waals surface area (Å²) in [6.07, 6.45) is 12.5. The number of hydrogen-bond donors (Lipinski definition) is 0. The Morgan fingerprint density at radius 1 is 0.679 bits per heavy atom. The average Bonchev–Trinajstić information content (AvgIpc) is 2.70. The molecule has 0 atom stereocenters. The van der Waals surface area contributed by atoms with Crippen molar-refractivity contribution in [3.05, 3.63) is 35.9 Å². The Bertz CT molecular complexity index is 684. The van der Waals surface area contributed by atoms with Crippen molar-refractivity contribution in [2.45, 2.75) is 78.1 Å². The van der Waals surface area contributed by atoms with Gasteiger partial charge in [-0.1, -0.05) is 85.5 Å². The molecule has 3 heteroatoms. The zero-order valence-corrected chi connectivity index (χ0v) is 19.4. The Morgan fingerprint density at radius 3 is 1.89 bits per heavy atom. The molecule has 0 amide bonds. The highest BCUT2D eigenvalue weighted by atomic mass is 79.9. The van der Waals surface area contributed by atoms with Crippen molar-refractivity contribution < 1.29 is 9.47 Å². The van der Waals surface area contributed by atoms with E-state index in [0.717, 1.165) is 48.3 Å². The summed E-state index contributed by atoms with van der Waals surface area (Å²) in [4.78, 5) is 0. The van der Waals surface area contributed by atoms with Gasteiger partial charge >= 0.3 is 0 Å². The maximum Gasteiger partial charge on any atom is 0.127 e. The number of halogens is 1. The zero-order valence-electron chi connectivity index (χ0n) is 17.8. The molecular formula is C25H37BrO2. The van der Waals surface area contributed by atoms with Crippen molar-refractivity contribution >= 4 is 26.7 Å². The van der Waals surface area contributed by atoms with Crippen LogP contribution in [0.3, 0.4) is 0 Å². The molecule has 0 bridgehead atoms. The quantitative estimate of drug-likeness (QED) is 0.201. The summed E-state index contributed by atoms with van der Waals surface area (Å²) in [5.74, 6) is 1.96. The predicted octanol–water partition coefficient (Wildman–Crippen LogP) is 8.22. The minimum atomic E-state index is 0.781. The number of benzene rings is 2. The van der Waals surface area contributed by atoms with Crippen LogP contribution >= 0.6 is 15.9 Å². The summed E-state index contributed by atoms with van der Waals surface area (Å²) in [5, 5.41) is 3.42. The molecule has 2 nitrogen and oxygen atoms in total. The molecule has 2 aromatic rings. The smallest absolute Gasteiger partial charge is 0.127 e. The van der Waals surface area contributed by atoms with Gasteiger partial charge in [-0.15, -0.1) is 0 Å². The van der Waals surface area contributed by atoms with E-state index in [4.69, 9.17) is 9.47 Å². The lowest BCUT2D eigenvalue weighted by atomic mass is 10.1. The Morgan fingerprint density at radius 2 is 1.25 bits per heavy atom. The molecule has 2 aromatic carbocycles. The minimum Gasteiger partial charge on any atom is -0.493 e. The van der Waals surface area contributed by atoms with E-state index in [1.807, 2.05) is 0 Å². The first-order chi connectivity index (χ1) is 13.8. The van der Waals surface area contributed by atoms with Crippen molar-refractivity contribution in [1.29, 1.82) is 0 Å². The summed E-state index contributed by atoms with van der Waals surface area (Å²) in [6.45, 7) is 5.97. The third-order valence-corrected chi connectivity index (χ3v) is 5.69. The van der Waals surface area contributed by atoms with Crippen LogP contribution in [0.15, 0.2) is 30.3 Å². The van der Waals surface area contributed by atoms with Gasteiger partial charge in [-0.2, -0.15) is 0 Å². The van der Waals surface area contributed by atoms with Crippen LogP contribution in [0.5, 0.6) is 11.5 Å². The van der Waals surface area contributed by atoms with Crippen LogP contribution in [0.4, 0.5) is 0 Å². The highest BCUT2D eigenvalue weighted by Gasteiger charge is 2.09. The second-order valence-electron chi connectivity index (χ2n) is 7.68. The highest BCUT2D eigenvalue weighted by molar-refractivity contribution is 9.09. The number of unbranched alkanes of at least 4 members (excludes halogenated alkanes) is 8. The normalized spacial score (nSPS) is 11.1. The van der Waals surface area contributed by atoms with Crippen molar-refractivity contribution in [2.24, 2.45) is 0 Å². The standard InChI is InChI=1S/C25H37BrO2/c1-3-4-5-6-8-11-18-27-24-15-16-25(28-19-12-9-7-10-17-26)23-20-21(2)13-14-22(23)24/h13-16,20H,3-12,17-19H2,1-2H3. The van der Waals surface area contributed by atoms with Gasteiger partial charge in [0.15, 0.2) is 0 Å². The number of aryl methyl sites for hydroxylation is 1. The SMILES string of the molecule is CCCCCCCCOc1ccc(OCCCCCCBr)c2cc(C)ccc12. The van der Waals surface area contributed by atoms with Gasteiger partial charge in [0.05, 0.1) is 13.2 Å². The number of rotatable bonds is 15. The van der Waals surface area contributed by atoms with Crippen LogP contribution in [0, 0.1) is 6.92 Å². The van der Waals surface area contributed by atoms with E-state index in [9.17, 15) is 0 Å². The first-order valence-electron chi connectivity index (χ1n) is 11.1. The lowest BCUT2D eigenvalue weighted by Gasteiger charge is -2.14. The molecule has 0 fully saturated rings. The van der Waals surface area contributed by atoms with Gasteiger partial charge < -0.3 is 9.47 Å². The Hall–Kier alpha value is -1.22. The topological polar surface area (TPSA) is 18.5 Å². The second-order valence-corrected chi connectivity index (χ2v) is 8.47. The largest absolute Gasteiger partial charge is 0.493 e. The fourth-order valence-corrected chi connectivity index (χ4v) is 3.85. The third kappa shape index (κ3) is 8.03. The second kappa shape index (κ2) is 13.9. The van der Waals surface area contributed by atoms with E-state index in [0.29, 0.717) is 0 Å². The number of fused-ring (bicyclic) bond motifs is 1. The summed E-state index contributed by atoms with van der Waals surface area (Å²) in [7, 11) is 0. The molecule has 2 rings (SSSR count). The first kappa shape index (κ1) is 23.1. The summed E-state index contributed by atoms with van der Waals surface area (Å²) < 4.78 is 12.3. The van der Waals surface area contributed by atoms with E-state index < -0.39 is 0 Å². The van der Waals surface area contributed by atoms with E-state index in [2.05, 4.69) is 60.1 Å². The molecule has 156 valence electrons. The lowest BCUT2D eigenvalue weighted by Crippen LogP contribution is -2.01. The van der Waals surface area contributed by atoms with Gasteiger partial charge in [0, 0.05) is 16.1 Å². The van der Waals surface area contributed by atoms with Gasteiger partial charge in [-0.3, -0.25) is 0 Å². The maximum absolute atomic E-state index is 6.13. The van der Waals surface area contributed by atoms with E-state index in [1.54, 1.807) is 0 Å². The number of ether oxygens (including phenoxy) is 2. The van der Waals surface area contributed by atoms with Crippen molar-refractivity contribution in [3.63, 3.8) is 0 Å². The molecule has 0 saturated carbocycles. The van der Waals surface area contributed by atoms with E-state index in [1.165, 1.54) is 62.3 Å². The van der Waals surface area contributed by atoms with Crippen LogP contribution in [0.1, 0.15) is 76.7 Å². The number of hydrogen-bond acceptors (Lipinski definition) is 2. The van der Waals surface area contributed by atoms with Gasteiger partial charge in [-0.25, -0.2) is 0 Å². The van der Waals surface area contributed by atoms with Crippen molar-refractivity contribution in [2.75, 3.05) is 18.5 Å². The maximum atomic E-state index is 6.13. The van der Waals surface area contributed by atoms with Crippen molar-refractivity contribution in [3.8, 4) is 11.5 Å². The summed E-state index contributed by atoms with van der Waals surface area (Å²) >= 11 is 3.49. The fraction of sp³-hybridized carbons (Fsp3) is 0.600. The lowest BCUT2D eigenvalue weighted by molar-refractivity contribution is 0.301. The molecule has 28 heavy (non-hydrogen) atoms. The number of alkyl halides is 1. The Balaban J connectivity index is 1.91. The molecule has 0 unspecified atom stereocenters. The molecule has 0 aliphatic heterocycles. The molecule has 0 aromatic heterocycles. The van der Waals surface area contributed by atoms with Crippen LogP contribution in [0.2, 0.25) is 0 Å². The molecule has 0 aliphatic carbocycles. The van der Waals surface area contributed by atoms with E-state index in [-0.39, 0.29) is 0 Å². The van der Waals surface area contributed by atoms with E-state index >= 15 is 0 Å². The van der Waals surface area contributed by atoms with Crippen LogP contribution < -0.4 is 9.47 Å². The monoisotopic (exact) mass is 448 g/mol. The highest BCUT2D eigenvalue weighted by Crippen LogP contribution is 2.34. The van der Waals surface area contributed by atoms with Crippen molar-refractivity contribution in [1.82, 2.24) is 0 Å². The summed E-state index contributed by atoms with van der Waals surface area (Å²) in [5.41, 5.74) is 1.25. The molecule has 0 spiro atoms. The van der Waals surface area contributed by atoms with Crippen LogP contribution in [-0.2, 0) is 0 Å². The molecule has 0 N–H and O–H groups in total. The molecule has 0 radical (unpaired) electrons. The molecular weight excluding hydrogens is 412 g/mol. The average molecular weight is 449 g/mol. The zero-order chi connectivity index (χ0) is 20.0. The van der Waals surface area contributed by atoms with Gasteiger partial charge in [-0.05, 0) is 44.4 Å². The van der Waals surface area contributed by atoms with Gasteiger partial charge in [0.25, 0.3) is 0 Å². The van der Waals surface area contributed by atoms with Crippen LogP contribution in [0.25, 0.3) is 10.8 Å². The molecule has 0 saturated heterocycles. The summed E-state index contributed by atoms with van der Waals surface area (Å²) in [6, 6.07) is 10.7. The molecule has 0 heterocycles. The van der Waals surface area contributed by atoms with Crippen LogP contribution in [-0.4, -0.2) is 18.5 Å². The van der Waals surface area contributed by atoms with Gasteiger partial charge in [0.1, 0.15) is 11.5 Å². The Labute approximate surface area is 180 Å². The Kier molecular flexibility index (Phi) is 11.4.